The first-order valence-electron chi connectivity index (χ1n) is 5.94. The Hall–Kier alpha value is -1.57. The van der Waals surface area contributed by atoms with Crippen molar-refractivity contribution in [3.63, 3.8) is 0 Å². The lowest BCUT2D eigenvalue weighted by molar-refractivity contribution is 1.05. The van der Waals surface area contributed by atoms with Gasteiger partial charge in [-0.25, -0.2) is 0 Å². The lowest BCUT2D eigenvalue weighted by Gasteiger charge is -1.92. The van der Waals surface area contributed by atoms with Gasteiger partial charge in [-0.3, -0.25) is 5.10 Å². The highest BCUT2D eigenvalue weighted by Gasteiger charge is 1.98. The number of nitrogens with zero attached hydrogens (tertiary/aromatic N) is 1. The van der Waals surface area contributed by atoms with Gasteiger partial charge in [-0.1, -0.05) is 58.0 Å². The second-order valence-electron chi connectivity index (χ2n) is 2.80. The van der Waals surface area contributed by atoms with Crippen molar-refractivity contribution < 1.29 is 0 Å². The van der Waals surface area contributed by atoms with Gasteiger partial charge in [0.15, 0.2) is 0 Å². The van der Waals surface area contributed by atoms with E-state index in [4.69, 9.17) is 0 Å². The first-order valence-corrected chi connectivity index (χ1v) is 5.94. The molecule has 1 aromatic heterocycles. The molecule has 88 valence electrons. The van der Waals surface area contributed by atoms with E-state index in [0.717, 1.165) is 17.0 Å². The molecule has 2 nitrogen and oxygen atoms in total. The van der Waals surface area contributed by atoms with E-state index in [1.807, 2.05) is 58.9 Å². The Morgan fingerprint density at radius 2 is 1.50 bits per heavy atom. The molecule has 16 heavy (non-hydrogen) atoms. The molecule has 2 heteroatoms. The van der Waals surface area contributed by atoms with Crippen molar-refractivity contribution in [3.05, 3.63) is 42.1 Å². The number of aryl methyl sites for hydroxylation is 1. The molecule has 0 aliphatic rings. The summed E-state index contributed by atoms with van der Waals surface area (Å²) < 4.78 is 0. The van der Waals surface area contributed by atoms with Crippen LogP contribution in [0.3, 0.4) is 0 Å². The SMILES string of the molecule is CC.CC.Cc1cc(-c2ccccc2)n[nH]1. The summed E-state index contributed by atoms with van der Waals surface area (Å²) in [6, 6.07) is 12.2. The molecular weight excluding hydrogens is 196 g/mol. The summed E-state index contributed by atoms with van der Waals surface area (Å²) >= 11 is 0. The molecule has 0 atom stereocenters. The molecule has 0 unspecified atom stereocenters. The molecule has 0 saturated heterocycles. The minimum absolute atomic E-state index is 1.01. The van der Waals surface area contributed by atoms with Crippen LogP contribution in [0.2, 0.25) is 0 Å². The van der Waals surface area contributed by atoms with Crippen molar-refractivity contribution in [2.24, 2.45) is 0 Å². The molecule has 1 heterocycles. The molecule has 0 aliphatic carbocycles. The number of H-pyrrole nitrogens is 1. The summed E-state index contributed by atoms with van der Waals surface area (Å²) in [5.74, 6) is 0. The van der Waals surface area contributed by atoms with Gasteiger partial charge in [0.2, 0.25) is 0 Å². The van der Waals surface area contributed by atoms with Crippen LogP contribution >= 0.6 is 0 Å². The van der Waals surface area contributed by atoms with Crippen molar-refractivity contribution in [1.29, 1.82) is 0 Å². The van der Waals surface area contributed by atoms with Crippen molar-refractivity contribution in [1.82, 2.24) is 10.2 Å². The van der Waals surface area contributed by atoms with Gasteiger partial charge in [0.05, 0.1) is 5.69 Å². The van der Waals surface area contributed by atoms with Crippen LogP contribution in [-0.4, -0.2) is 10.2 Å². The van der Waals surface area contributed by atoms with Gasteiger partial charge in [0.25, 0.3) is 0 Å². The topological polar surface area (TPSA) is 28.7 Å². The molecule has 0 radical (unpaired) electrons. The Morgan fingerprint density at radius 3 is 1.94 bits per heavy atom. The van der Waals surface area contributed by atoms with E-state index in [-0.39, 0.29) is 0 Å². The van der Waals surface area contributed by atoms with Crippen LogP contribution in [0.4, 0.5) is 0 Å². The van der Waals surface area contributed by atoms with E-state index in [2.05, 4.69) is 22.3 Å². The highest BCUT2D eigenvalue weighted by molar-refractivity contribution is 5.58. The Labute approximate surface area is 98.7 Å². The number of aromatic amines is 1. The van der Waals surface area contributed by atoms with Gasteiger partial charge in [0.1, 0.15) is 0 Å². The lowest BCUT2D eigenvalue weighted by Crippen LogP contribution is -1.75. The third kappa shape index (κ3) is 4.30. The Balaban J connectivity index is 0.000000509. The lowest BCUT2D eigenvalue weighted by atomic mass is 10.1. The molecule has 2 aromatic rings. The number of hydrogen-bond acceptors (Lipinski definition) is 1. The largest absolute Gasteiger partial charge is 0.282 e. The molecule has 1 aromatic carbocycles. The van der Waals surface area contributed by atoms with Crippen molar-refractivity contribution in [2.75, 3.05) is 0 Å². The molecule has 0 spiro atoms. The second-order valence-corrected chi connectivity index (χ2v) is 2.80. The summed E-state index contributed by atoms with van der Waals surface area (Å²) in [7, 11) is 0. The molecule has 0 bridgehead atoms. The van der Waals surface area contributed by atoms with Gasteiger partial charge >= 0.3 is 0 Å². The molecule has 0 amide bonds. The molecule has 0 fully saturated rings. The normalized spacial score (nSPS) is 8.31. The highest BCUT2D eigenvalue weighted by atomic mass is 15.1. The number of benzene rings is 1. The molecule has 1 N–H and O–H groups in total. The van der Waals surface area contributed by atoms with Crippen LogP contribution in [0.15, 0.2) is 36.4 Å². The van der Waals surface area contributed by atoms with E-state index in [0.29, 0.717) is 0 Å². The average molecular weight is 218 g/mol. The van der Waals surface area contributed by atoms with E-state index < -0.39 is 0 Å². The predicted molar refractivity (Wildman–Crippen MR) is 71.5 cm³/mol. The maximum atomic E-state index is 4.16. The van der Waals surface area contributed by atoms with Crippen LogP contribution in [0, 0.1) is 6.92 Å². The average Bonchev–Trinajstić information content (AvgIpc) is 2.82. The number of nitrogens with one attached hydrogen (secondary N) is 1. The number of hydrogen-bond donors (Lipinski definition) is 1. The van der Waals surface area contributed by atoms with Crippen molar-refractivity contribution in [3.8, 4) is 11.3 Å². The summed E-state index contributed by atoms with van der Waals surface area (Å²) in [6.07, 6.45) is 0. The van der Waals surface area contributed by atoms with Crippen LogP contribution in [0.5, 0.6) is 0 Å². The van der Waals surface area contributed by atoms with Crippen LogP contribution in [-0.2, 0) is 0 Å². The quantitative estimate of drug-likeness (QED) is 0.753. The number of rotatable bonds is 1. The zero-order valence-electron chi connectivity index (χ0n) is 10.9. The van der Waals surface area contributed by atoms with Gasteiger partial charge in [0, 0.05) is 11.3 Å². The van der Waals surface area contributed by atoms with E-state index in [1.54, 1.807) is 0 Å². The summed E-state index contributed by atoms with van der Waals surface area (Å²) in [4.78, 5) is 0. The summed E-state index contributed by atoms with van der Waals surface area (Å²) in [6.45, 7) is 10.00. The predicted octanol–water partition coefficient (Wildman–Crippen LogP) is 4.44. The highest BCUT2D eigenvalue weighted by Crippen LogP contribution is 2.15. The van der Waals surface area contributed by atoms with Crippen molar-refractivity contribution >= 4 is 0 Å². The first kappa shape index (κ1) is 14.4. The molecular formula is C14H22N2. The van der Waals surface area contributed by atoms with Crippen LogP contribution in [0.1, 0.15) is 33.4 Å². The minimum Gasteiger partial charge on any atom is -0.282 e. The van der Waals surface area contributed by atoms with Gasteiger partial charge in [-0.15, -0.1) is 0 Å². The van der Waals surface area contributed by atoms with Gasteiger partial charge in [-0.2, -0.15) is 5.10 Å². The first-order chi connectivity index (χ1) is 7.86. The zero-order valence-corrected chi connectivity index (χ0v) is 10.9. The third-order valence-electron chi connectivity index (χ3n) is 1.78. The Kier molecular flexibility index (Phi) is 7.86. The monoisotopic (exact) mass is 218 g/mol. The van der Waals surface area contributed by atoms with E-state index >= 15 is 0 Å². The smallest absolute Gasteiger partial charge is 0.0923 e. The van der Waals surface area contributed by atoms with E-state index in [9.17, 15) is 0 Å². The maximum Gasteiger partial charge on any atom is 0.0923 e. The maximum absolute atomic E-state index is 4.16. The fraction of sp³-hybridized carbons (Fsp3) is 0.357. The minimum atomic E-state index is 1.01. The Bertz CT molecular complexity index is 363. The standard InChI is InChI=1S/C10H10N2.2C2H6/c1-8-7-10(12-11-8)9-5-3-2-4-6-9;2*1-2/h2-7H,1H3,(H,11,12);2*1-2H3. The second kappa shape index (κ2) is 8.72. The fourth-order valence-electron chi connectivity index (χ4n) is 1.17. The number of aromatic nitrogens is 2. The zero-order chi connectivity index (χ0) is 12.4. The van der Waals surface area contributed by atoms with Gasteiger partial charge < -0.3 is 0 Å². The van der Waals surface area contributed by atoms with Crippen molar-refractivity contribution in [2.45, 2.75) is 34.6 Å². The van der Waals surface area contributed by atoms with Crippen LogP contribution < -0.4 is 0 Å². The van der Waals surface area contributed by atoms with Crippen LogP contribution in [0.25, 0.3) is 11.3 Å². The fourth-order valence-corrected chi connectivity index (χ4v) is 1.17. The summed E-state index contributed by atoms with van der Waals surface area (Å²) in [5, 5.41) is 7.08. The molecule has 0 aliphatic heterocycles. The van der Waals surface area contributed by atoms with Gasteiger partial charge in [-0.05, 0) is 13.0 Å². The molecule has 2 rings (SSSR count). The van der Waals surface area contributed by atoms with E-state index in [1.165, 1.54) is 0 Å². The summed E-state index contributed by atoms with van der Waals surface area (Å²) in [5.41, 5.74) is 3.25. The Morgan fingerprint density at radius 1 is 0.938 bits per heavy atom. The third-order valence-corrected chi connectivity index (χ3v) is 1.78. The molecule has 0 saturated carbocycles.